The summed E-state index contributed by atoms with van der Waals surface area (Å²) >= 11 is 0. The van der Waals surface area contributed by atoms with Gasteiger partial charge < -0.3 is 5.32 Å². The van der Waals surface area contributed by atoms with E-state index in [0.29, 0.717) is 18.4 Å². The van der Waals surface area contributed by atoms with Crippen molar-refractivity contribution in [2.75, 3.05) is 13.1 Å². The molecule has 1 aromatic carbocycles. The van der Waals surface area contributed by atoms with Crippen molar-refractivity contribution in [3.05, 3.63) is 64.5 Å². The van der Waals surface area contributed by atoms with Crippen LogP contribution in [0.15, 0.2) is 53.7 Å². The largest absolute Gasteiger partial charge is 0.349 e. The molecule has 3 rings (SSSR count). The Morgan fingerprint density at radius 3 is 2.52 bits per heavy atom. The molecule has 142 valence electrons. The normalized spacial score (nSPS) is 16.0. The number of carbonyl (C=O) groups excluding carboxylic acids is 1. The second kappa shape index (κ2) is 7.80. The van der Waals surface area contributed by atoms with E-state index in [-0.39, 0.29) is 29.9 Å². The van der Waals surface area contributed by atoms with Crippen LogP contribution in [-0.2, 0) is 10.0 Å². The first-order valence-electron chi connectivity index (χ1n) is 8.34. The van der Waals surface area contributed by atoms with Crippen LogP contribution < -0.4 is 5.32 Å². The number of para-hydroxylation sites is 1. The van der Waals surface area contributed by atoms with Crippen molar-refractivity contribution in [3.63, 3.8) is 0 Å². The minimum absolute atomic E-state index is 0.171. The van der Waals surface area contributed by atoms with Gasteiger partial charge in [0.2, 0.25) is 10.0 Å². The SMILES string of the molecule is O=C(NC1CCN(S(=O)(=O)c2ccccc2[N+](=O)[O-])CC1)c1cccnc1. The zero-order valence-electron chi connectivity index (χ0n) is 14.3. The predicted molar refractivity (Wildman–Crippen MR) is 96.6 cm³/mol. The molecule has 1 N–H and O–H groups in total. The Balaban J connectivity index is 1.67. The van der Waals surface area contributed by atoms with Gasteiger partial charge in [-0.2, -0.15) is 4.31 Å². The number of piperidine rings is 1. The first kappa shape index (κ1) is 18.9. The molecule has 27 heavy (non-hydrogen) atoms. The van der Waals surface area contributed by atoms with Gasteiger partial charge in [0, 0.05) is 37.6 Å². The number of pyridine rings is 1. The van der Waals surface area contributed by atoms with Gasteiger partial charge in [-0.1, -0.05) is 12.1 Å². The monoisotopic (exact) mass is 390 g/mol. The maximum Gasteiger partial charge on any atom is 0.289 e. The molecule has 1 saturated heterocycles. The molecular weight excluding hydrogens is 372 g/mol. The molecule has 9 nitrogen and oxygen atoms in total. The van der Waals surface area contributed by atoms with E-state index >= 15 is 0 Å². The average Bonchev–Trinajstić information content (AvgIpc) is 2.69. The molecule has 0 saturated carbocycles. The van der Waals surface area contributed by atoms with Gasteiger partial charge in [-0.3, -0.25) is 19.9 Å². The minimum Gasteiger partial charge on any atom is -0.349 e. The molecule has 1 amide bonds. The van der Waals surface area contributed by atoms with Crippen LogP contribution >= 0.6 is 0 Å². The maximum absolute atomic E-state index is 12.8. The Kier molecular flexibility index (Phi) is 5.47. The van der Waals surface area contributed by atoms with Crippen LogP contribution in [0.25, 0.3) is 0 Å². The number of hydrogen-bond acceptors (Lipinski definition) is 6. The smallest absolute Gasteiger partial charge is 0.289 e. The lowest BCUT2D eigenvalue weighted by Gasteiger charge is -2.31. The molecule has 0 aliphatic carbocycles. The van der Waals surface area contributed by atoms with Gasteiger partial charge in [0.05, 0.1) is 10.5 Å². The fourth-order valence-corrected chi connectivity index (χ4v) is 4.60. The van der Waals surface area contributed by atoms with Crippen LogP contribution in [0, 0.1) is 10.1 Å². The van der Waals surface area contributed by atoms with Crippen molar-refractivity contribution in [2.45, 2.75) is 23.8 Å². The number of nitro groups is 1. The molecule has 0 spiro atoms. The van der Waals surface area contributed by atoms with Crippen LogP contribution in [0.2, 0.25) is 0 Å². The second-order valence-electron chi connectivity index (χ2n) is 6.12. The van der Waals surface area contributed by atoms with Crippen molar-refractivity contribution in [3.8, 4) is 0 Å². The van der Waals surface area contributed by atoms with Crippen LogP contribution in [0.1, 0.15) is 23.2 Å². The summed E-state index contributed by atoms with van der Waals surface area (Å²) in [5.74, 6) is -0.261. The van der Waals surface area contributed by atoms with Crippen molar-refractivity contribution in [1.82, 2.24) is 14.6 Å². The lowest BCUT2D eigenvalue weighted by Crippen LogP contribution is -2.46. The summed E-state index contributed by atoms with van der Waals surface area (Å²) in [5.41, 5.74) is -0.00281. The van der Waals surface area contributed by atoms with E-state index in [1.807, 2.05) is 0 Å². The van der Waals surface area contributed by atoms with E-state index in [1.165, 1.54) is 34.8 Å². The van der Waals surface area contributed by atoms with Gasteiger partial charge >= 0.3 is 0 Å². The molecule has 2 aromatic rings. The van der Waals surface area contributed by atoms with E-state index < -0.39 is 20.6 Å². The van der Waals surface area contributed by atoms with Gasteiger partial charge in [-0.15, -0.1) is 0 Å². The molecule has 1 aromatic heterocycles. The highest BCUT2D eigenvalue weighted by Crippen LogP contribution is 2.28. The molecule has 0 atom stereocenters. The zero-order valence-corrected chi connectivity index (χ0v) is 15.1. The molecule has 1 fully saturated rings. The van der Waals surface area contributed by atoms with Gasteiger partial charge in [-0.25, -0.2) is 8.42 Å². The highest BCUT2D eigenvalue weighted by Gasteiger charge is 2.34. The van der Waals surface area contributed by atoms with Crippen molar-refractivity contribution >= 4 is 21.6 Å². The predicted octanol–water partition coefficient (Wildman–Crippen LogP) is 1.57. The maximum atomic E-state index is 12.8. The molecule has 0 unspecified atom stereocenters. The minimum atomic E-state index is -3.97. The summed E-state index contributed by atoms with van der Waals surface area (Å²) in [5, 5.41) is 14.0. The number of benzene rings is 1. The van der Waals surface area contributed by atoms with E-state index in [4.69, 9.17) is 0 Å². The fourth-order valence-electron chi connectivity index (χ4n) is 2.97. The lowest BCUT2D eigenvalue weighted by atomic mass is 10.1. The summed E-state index contributed by atoms with van der Waals surface area (Å²) in [7, 11) is -3.97. The number of carbonyl (C=O) groups is 1. The van der Waals surface area contributed by atoms with Crippen LogP contribution in [0.3, 0.4) is 0 Å². The van der Waals surface area contributed by atoms with E-state index in [1.54, 1.807) is 18.3 Å². The number of nitro benzene ring substituents is 1. The van der Waals surface area contributed by atoms with Gasteiger partial charge in [0.1, 0.15) is 0 Å². The number of aromatic nitrogens is 1. The summed E-state index contributed by atoms with van der Waals surface area (Å²) in [6, 6.07) is 8.44. The zero-order chi connectivity index (χ0) is 19.4. The number of rotatable bonds is 5. The quantitative estimate of drug-likeness (QED) is 0.611. The summed E-state index contributed by atoms with van der Waals surface area (Å²) in [6.07, 6.45) is 3.88. The van der Waals surface area contributed by atoms with E-state index in [9.17, 15) is 23.3 Å². The summed E-state index contributed by atoms with van der Waals surface area (Å²) in [4.78, 5) is 26.2. The standard InChI is InChI=1S/C17H18N4O5S/c22-17(13-4-3-9-18-12-13)19-14-7-10-20(11-8-14)27(25,26)16-6-2-1-5-15(16)21(23)24/h1-6,9,12,14H,7-8,10-11H2,(H,19,22). The van der Waals surface area contributed by atoms with Crippen LogP contribution in [0.4, 0.5) is 5.69 Å². The average molecular weight is 390 g/mol. The molecular formula is C17H18N4O5S. The van der Waals surface area contributed by atoms with E-state index in [0.717, 1.165) is 0 Å². The molecule has 1 aliphatic rings. The number of nitrogens with one attached hydrogen (secondary N) is 1. The molecule has 10 heteroatoms. The molecule has 0 radical (unpaired) electrons. The first-order valence-corrected chi connectivity index (χ1v) is 9.78. The first-order chi connectivity index (χ1) is 12.9. The third-order valence-corrected chi connectivity index (χ3v) is 6.34. The molecule has 0 bridgehead atoms. The Hall–Kier alpha value is -2.85. The third-order valence-electron chi connectivity index (χ3n) is 4.39. The van der Waals surface area contributed by atoms with Crippen molar-refractivity contribution in [2.24, 2.45) is 0 Å². The van der Waals surface area contributed by atoms with Gasteiger partial charge in [0.15, 0.2) is 4.90 Å². The highest BCUT2D eigenvalue weighted by atomic mass is 32.2. The van der Waals surface area contributed by atoms with Crippen LogP contribution in [-0.4, -0.2) is 47.7 Å². The second-order valence-corrected chi connectivity index (χ2v) is 8.02. The Labute approximate surface area is 156 Å². The lowest BCUT2D eigenvalue weighted by molar-refractivity contribution is -0.387. The highest BCUT2D eigenvalue weighted by molar-refractivity contribution is 7.89. The number of hydrogen-bond donors (Lipinski definition) is 1. The molecule has 1 aliphatic heterocycles. The third kappa shape index (κ3) is 4.12. The Morgan fingerprint density at radius 2 is 1.89 bits per heavy atom. The number of sulfonamides is 1. The Morgan fingerprint density at radius 1 is 1.19 bits per heavy atom. The topological polar surface area (TPSA) is 123 Å². The summed E-state index contributed by atoms with van der Waals surface area (Å²) < 4.78 is 26.8. The van der Waals surface area contributed by atoms with Crippen molar-refractivity contribution < 1.29 is 18.1 Å². The number of amides is 1. The summed E-state index contributed by atoms with van der Waals surface area (Å²) in [6.45, 7) is 0.346. The van der Waals surface area contributed by atoms with Crippen molar-refractivity contribution in [1.29, 1.82) is 0 Å². The van der Waals surface area contributed by atoms with Crippen LogP contribution in [0.5, 0.6) is 0 Å². The number of nitrogens with zero attached hydrogens (tertiary/aromatic N) is 3. The van der Waals surface area contributed by atoms with Gasteiger partial charge in [-0.05, 0) is 31.0 Å². The van der Waals surface area contributed by atoms with E-state index in [2.05, 4.69) is 10.3 Å². The van der Waals surface area contributed by atoms with Gasteiger partial charge in [0.25, 0.3) is 11.6 Å². The molecule has 2 heterocycles. The fraction of sp³-hybridized carbons (Fsp3) is 0.294. The Bertz CT molecular complexity index is 941.